The van der Waals surface area contributed by atoms with Crippen LogP contribution >= 0.6 is 11.3 Å². The van der Waals surface area contributed by atoms with Gasteiger partial charge in [0, 0.05) is 17.9 Å². The lowest BCUT2D eigenvalue weighted by Gasteiger charge is -2.17. The highest BCUT2D eigenvalue weighted by Gasteiger charge is 2.17. The summed E-state index contributed by atoms with van der Waals surface area (Å²) in [5, 5.41) is 6.26. The molecule has 2 amide bonds. The number of para-hydroxylation sites is 1. The van der Waals surface area contributed by atoms with Crippen LogP contribution in [-0.2, 0) is 4.79 Å². The van der Waals surface area contributed by atoms with E-state index in [1.54, 1.807) is 17.5 Å². The van der Waals surface area contributed by atoms with Crippen LogP contribution in [0, 0.1) is 6.92 Å². The molecule has 0 spiro atoms. The minimum absolute atomic E-state index is 0.133. The van der Waals surface area contributed by atoms with Gasteiger partial charge in [-0.3, -0.25) is 14.5 Å². The molecular weight excluding hydrogens is 360 g/mol. The smallest absolute Gasteiger partial charge is 0.271 e. The minimum Gasteiger partial charge on any atom is -0.274 e. The van der Waals surface area contributed by atoms with Crippen molar-refractivity contribution in [2.45, 2.75) is 13.8 Å². The highest BCUT2D eigenvalue weighted by molar-refractivity contribution is 7.14. The number of carbonyl (C=O) groups is 2. The first-order valence-corrected chi connectivity index (χ1v) is 9.14. The Morgan fingerprint density at radius 1 is 1.11 bits per heavy atom. The van der Waals surface area contributed by atoms with E-state index in [-0.39, 0.29) is 11.8 Å². The van der Waals surface area contributed by atoms with E-state index in [0.717, 1.165) is 11.3 Å². The van der Waals surface area contributed by atoms with E-state index in [4.69, 9.17) is 0 Å². The van der Waals surface area contributed by atoms with Gasteiger partial charge in [-0.2, -0.15) is 5.10 Å². The second kappa shape index (κ2) is 8.37. The molecule has 0 fully saturated rings. The molecule has 0 aliphatic rings. The van der Waals surface area contributed by atoms with Gasteiger partial charge in [-0.15, -0.1) is 11.3 Å². The fourth-order valence-electron chi connectivity index (χ4n) is 2.37. The Kier molecular flexibility index (Phi) is 5.73. The van der Waals surface area contributed by atoms with Gasteiger partial charge in [0.1, 0.15) is 0 Å². The zero-order valence-corrected chi connectivity index (χ0v) is 15.7. The summed E-state index contributed by atoms with van der Waals surface area (Å²) in [6, 6.07) is 16.5. The SMILES string of the molecule is CC(=O)N(c1ccccc1)c1nc(/C=N\NC(=O)c2ccc(C)cc2)cs1. The maximum absolute atomic E-state index is 12.0. The highest BCUT2D eigenvalue weighted by atomic mass is 32.1. The van der Waals surface area contributed by atoms with E-state index in [1.165, 1.54) is 29.4 Å². The van der Waals surface area contributed by atoms with Crippen molar-refractivity contribution in [1.82, 2.24) is 10.4 Å². The van der Waals surface area contributed by atoms with Crippen LogP contribution in [0.25, 0.3) is 0 Å². The van der Waals surface area contributed by atoms with E-state index < -0.39 is 0 Å². The molecule has 7 heteroatoms. The highest BCUT2D eigenvalue weighted by Crippen LogP contribution is 2.28. The zero-order chi connectivity index (χ0) is 19.2. The Bertz CT molecular complexity index is 965. The van der Waals surface area contributed by atoms with Gasteiger partial charge < -0.3 is 0 Å². The van der Waals surface area contributed by atoms with Crippen LogP contribution in [-0.4, -0.2) is 23.0 Å². The Morgan fingerprint density at radius 3 is 2.48 bits per heavy atom. The lowest BCUT2D eigenvalue weighted by atomic mass is 10.1. The van der Waals surface area contributed by atoms with Crippen LogP contribution in [0.3, 0.4) is 0 Å². The first kappa shape index (κ1) is 18.5. The van der Waals surface area contributed by atoms with Crippen LogP contribution in [0.1, 0.15) is 28.5 Å². The maximum atomic E-state index is 12.0. The molecule has 1 N–H and O–H groups in total. The number of thiazole rings is 1. The molecule has 0 saturated carbocycles. The molecule has 0 atom stereocenters. The van der Waals surface area contributed by atoms with Crippen molar-refractivity contribution < 1.29 is 9.59 Å². The van der Waals surface area contributed by atoms with Crippen molar-refractivity contribution >= 4 is 40.2 Å². The van der Waals surface area contributed by atoms with Gasteiger partial charge in [0.05, 0.1) is 17.6 Å². The van der Waals surface area contributed by atoms with Gasteiger partial charge in [0.2, 0.25) is 5.91 Å². The Morgan fingerprint density at radius 2 is 1.81 bits per heavy atom. The van der Waals surface area contributed by atoms with Gasteiger partial charge in [0.15, 0.2) is 5.13 Å². The molecule has 0 saturated heterocycles. The molecule has 1 aromatic heterocycles. The Labute approximate surface area is 161 Å². The average molecular weight is 378 g/mol. The van der Waals surface area contributed by atoms with Crippen molar-refractivity contribution in [2.24, 2.45) is 5.10 Å². The predicted molar refractivity (Wildman–Crippen MR) is 108 cm³/mol. The normalized spacial score (nSPS) is 10.7. The summed E-state index contributed by atoms with van der Waals surface area (Å²) in [5.41, 5.74) is 5.39. The second-order valence-corrected chi connectivity index (χ2v) is 6.65. The molecule has 6 nitrogen and oxygen atoms in total. The number of nitrogens with one attached hydrogen (secondary N) is 1. The van der Waals surface area contributed by atoms with Crippen molar-refractivity contribution in [3.63, 3.8) is 0 Å². The quantitative estimate of drug-likeness (QED) is 0.540. The monoisotopic (exact) mass is 378 g/mol. The molecule has 27 heavy (non-hydrogen) atoms. The number of benzene rings is 2. The van der Waals surface area contributed by atoms with Crippen LogP contribution in [0.5, 0.6) is 0 Å². The van der Waals surface area contributed by atoms with Crippen LogP contribution in [0.2, 0.25) is 0 Å². The lowest BCUT2D eigenvalue weighted by Crippen LogP contribution is -2.22. The number of rotatable bonds is 5. The van der Waals surface area contributed by atoms with E-state index in [9.17, 15) is 9.59 Å². The summed E-state index contributed by atoms with van der Waals surface area (Å²) >= 11 is 1.33. The van der Waals surface area contributed by atoms with Gasteiger partial charge in [-0.25, -0.2) is 10.4 Å². The molecule has 2 aromatic carbocycles. The van der Waals surface area contributed by atoms with Gasteiger partial charge >= 0.3 is 0 Å². The molecular formula is C20H18N4O2S. The fourth-order valence-corrected chi connectivity index (χ4v) is 3.21. The zero-order valence-electron chi connectivity index (χ0n) is 14.9. The van der Waals surface area contributed by atoms with E-state index in [2.05, 4.69) is 15.5 Å². The number of aromatic nitrogens is 1. The second-order valence-electron chi connectivity index (χ2n) is 5.81. The number of amides is 2. The van der Waals surface area contributed by atoms with Crippen molar-refractivity contribution in [1.29, 1.82) is 0 Å². The number of hydrogen-bond donors (Lipinski definition) is 1. The van der Waals surface area contributed by atoms with Crippen LogP contribution in [0.15, 0.2) is 65.1 Å². The summed E-state index contributed by atoms with van der Waals surface area (Å²) < 4.78 is 0. The van der Waals surface area contributed by atoms with Crippen molar-refractivity contribution in [2.75, 3.05) is 4.90 Å². The first-order valence-electron chi connectivity index (χ1n) is 8.26. The van der Waals surface area contributed by atoms with Crippen LogP contribution in [0.4, 0.5) is 10.8 Å². The molecule has 3 aromatic rings. The van der Waals surface area contributed by atoms with E-state index in [1.807, 2.05) is 49.4 Å². The summed E-state index contributed by atoms with van der Waals surface area (Å²) in [6.45, 7) is 3.45. The largest absolute Gasteiger partial charge is 0.274 e. The van der Waals surface area contributed by atoms with Gasteiger partial charge in [-0.05, 0) is 31.2 Å². The number of aryl methyl sites for hydroxylation is 1. The number of carbonyl (C=O) groups excluding carboxylic acids is 2. The van der Waals surface area contributed by atoms with E-state index in [0.29, 0.717) is 16.4 Å². The third kappa shape index (κ3) is 4.65. The van der Waals surface area contributed by atoms with Crippen molar-refractivity contribution in [3.8, 4) is 0 Å². The summed E-state index contributed by atoms with van der Waals surface area (Å²) in [6.07, 6.45) is 1.45. The number of hydrazone groups is 1. The third-order valence-corrected chi connectivity index (χ3v) is 4.55. The molecule has 0 aliphatic heterocycles. The Balaban J connectivity index is 1.69. The van der Waals surface area contributed by atoms with Gasteiger partial charge in [-0.1, -0.05) is 35.9 Å². The predicted octanol–water partition coefficient (Wildman–Crippen LogP) is 3.90. The number of anilines is 2. The molecule has 136 valence electrons. The summed E-state index contributed by atoms with van der Waals surface area (Å²) in [5.74, 6) is -0.428. The fraction of sp³-hybridized carbons (Fsp3) is 0.100. The molecule has 0 radical (unpaired) electrons. The number of hydrogen-bond acceptors (Lipinski definition) is 5. The number of nitrogens with zero attached hydrogens (tertiary/aromatic N) is 3. The first-order chi connectivity index (χ1) is 13.0. The van der Waals surface area contributed by atoms with Gasteiger partial charge in [0.25, 0.3) is 5.91 Å². The maximum Gasteiger partial charge on any atom is 0.271 e. The van der Waals surface area contributed by atoms with Crippen molar-refractivity contribution in [3.05, 3.63) is 76.8 Å². The van der Waals surface area contributed by atoms with Crippen LogP contribution < -0.4 is 10.3 Å². The standard InChI is InChI=1S/C20H18N4O2S/c1-14-8-10-16(11-9-14)19(26)23-21-12-17-13-27-20(22-17)24(15(2)25)18-6-4-3-5-7-18/h3-13H,1-2H3,(H,23,26)/b21-12-. The molecule has 1 heterocycles. The molecule has 0 aliphatic carbocycles. The third-order valence-electron chi connectivity index (χ3n) is 3.71. The summed E-state index contributed by atoms with van der Waals surface area (Å²) in [4.78, 5) is 30.0. The lowest BCUT2D eigenvalue weighted by molar-refractivity contribution is -0.115. The average Bonchev–Trinajstić information content (AvgIpc) is 3.11. The summed E-state index contributed by atoms with van der Waals surface area (Å²) in [7, 11) is 0. The molecule has 3 rings (SSSR count). The van der Waals surface area contributed by atoms with E-state index >= 15 is 0 Å². The molecule has 0 bridgehead atoms. The minimum atomic E-state index is -0.295. The molecule has 0 unspecified atom stereocenters. The Hall–Kier alpha value is -3.32. The topological polar surface area (TPSA) is 74.7 Å².